The molecule has 0 aliphatic heterocycles. The van der Waals surface area contributed by atoms with Gasteiger partial charge in [-0.1, -0.05) is 18.2 Å². The van der Waals surface area contributed by atoms with Gasteiger partial charge in [0.05, 0.1) is 18.4 Å². The Balaban J connectivity index is 1.71. The molecule has 3 aromatic heterocycles. The first-order valence-corrected chi connectivity index (χ1v) is 7.14. The predicted octanol–water partition coefficient (Wildman–Crippen LogP) is 0.874. The van der Waals surface area contributed by atoms with Crippen LogP contribution in [-0.2, 0) is 13.1 Å². The summed E-state index contributed by atoms with van der Waals surface area (Å²) in [5.74, 6) is 0. The van der Waals surface area contributed by atoms with Crippen LogP contribution >= 0.6 is 0 Å². The van der Waals surface area contributed by atoms with E-state index in [1.54, 1.807) is 32.8 Å². The number of aromatic nitrogens is 7. The average Bonchev–Trinajstić information content (AvgIpc) is 3.25. The van der Waals surface area contributed by atoms with Gasteiger partial charge in [-0.3, -0.25) is 14.0 Å². The quantitative estimate of drug-likeness (QED) is 0.559. The molecular formula is C15H13N7O. The van der Waals surface area contributed by atoms with E-state index in [2.05, 4.69) is 20.2 Å². The van der Waals surface area contributed by atoms with Crippen LogP contribution in [0.1, 0.15) is 0 Å². The monoisotopic (exact) mass is 307 g/mol. The van der Waals surface area contributed by atoms with Crippen LogP contribution in [0.5, 0.6) is 0 Å². The van der Waals surface area contributed by atoms with Crippen molar-refractivity contribution in [2.45, 2.75) is 13.1 Å². The summed E-state index contributed by atoms with van der Waals surface area (Å²) >= 11 is 0. The molecule has 0 fully saturated rings. The maximum Gasteiger partial charge on any atom is 0.264 e. The Hall–Kier alpha value is -3.29. The fourth-order valence-electron chi connectivity index (χ4n) is 2.42. The molecule has 0 aliphatic carbocycles. The molecule has 0 radical (unpaired) electrons. The largest absolute Gasteiger partial charge is 0.297 e. The molecule has 8 nitrogen and oxygen atoms in total. The van der Waals surface area contributed by atoms with Gasteiger partial charge in [0.15, 0.2) is 5.65 Å². The molecule has 0 bridgehead atoms. The lowest BCUT2D eigenvalue weighted by atomic mass is 10.3. The number of benzene rings is 1. The normalized spacial score (nSPS) is 11.1. The number of para-hydroxylation sites is 1. The third-order valence-corrected chi connectivity index (χ3v) is 3.59. The second-order valence-corrected chi connectivity index (χ2v) is 5.03. The highest BCUT2D eigenvalue weighted by Gasteiger charge is 2.11. The lowest BCUT2D eigenvalue weighted by Crippen LogP contribution is -2.23. The summed E-state index contributed by atoms with van der Waals surface area (Å²) in [6.45, 7) is 1.03. The zero-order valence-corrected chi connectivity index (χ0v) is 12.1. The molecule has 0 spiro atoms. The van der Waals surface area contributed by atoms with Gasteiger partial charge < -0.3 is 0 Å². The standard InChI is InChI=1S/C15H13N7O/c23-15-13-8-18-22(12-4-2-1-3-5-12)14(13)17-11-20(15)6-7-21-10-16-9-19-21/h1-5,8-11H,6-7H2. The van der Waals surface area contributed by atoms with Crippen LogP contribution in [0.25, 0.3) is 16.7 Å². The van der Waals surface area contributed by atoms with E-state index in [4.69, 9.17) is 0 Å². The van der Waals surface area contributed by atoms with Gasteiger partial charge >= 0.3 is 0 Å². The molecule has 0 unspecified atom stereocenters. The van der Waals surface area contributed by atoms with Crippen molar-refractivity contribution in [2.24, 2.45) is 0 Å². The lowest BCUT2D eigenvalue weighted by molar-refractivity contribution is 0.520. The third-order valence-electron chi connectivity index (χ3n) is 3.59. The summed E-state index contributed by atoms with van der Waals surface area (Å²) in [4.78, 5) is 20.8. The fourth-order valence-corrected chi connectivity index (χ4v) is 2.42. The number of hydrogen-bond acceptors (Lipinski definition) is 5. The van der Waals surface area contributed by atoms with Gasteiger partial charge in [0.25, 0.3) is 5.56 Å². The Morgan fingerprint density at radius 3 is 2.65 bits per heavy atom. The Kier molecular flexibility index (Phi) is 3.19. The summed E-state index contributed by atoms with van der Waals surface area (Å²) < 4.78 is 4.89. The Labute approximate surface area is 130 Å². The maximum absolute atomic E-state index is 12.6. The van der Waals surface area contributed by atoms with Crippen LogP contribution in [0.4, 0.5) is 0 Å². The van der Waals surface area contributed by atoms with Gasteiger partial charge in [0, 0.05) is 6.54 Å². The Bertz CT molecular complexity index is 986. The van der Waals surface area contributed by atoms with E-state index < -0.39 is 0 Å². The fraction of sp³-hybridized carbons (Fsp3) is 0.133. The topological polar surface area (TPSA) is 83.4 Å². The van der Waals surface area contributed by atoms with Gasteiger partial charge in [0.2, 0.25) is 0 Å². The minimum absolute atomic E-state index is 0.114. The van der Waals surface area contributed by atoms with E-state index in [1.807, 2.05) is 30.3 Å². The highest BCUT2D eigenvalue weighted by molar-refractivity contribution is 5.74. The van der Waals surface area contributed by atoms with E-state index in [-0.39, 0.29) is 5.56 Å². The van der Waals surface area contributed by atoms with Gasteiger partial charge in [-0.25, -0.2) is 14.6 Å². The maximum atomic E-state index is 12.6. The molecule has 0 amide bonds. The van der Waals surface area contributed by atoms with E-state index >= 15 is 0 Å². The van der Waals surface area contributed by atoms with Crippen molar-refractivity contribution in [3.8, 4) is 5.69 Å². The molecule has 114 valence electrons. The third kappa shape index (κ3) is 2.39. The van der Waals surface area contributed by atoms with Crippen molar-refractivity contribution in [1.82, 2.24) is 34.1 Å². The molecule has 1 aromatic carbocycles. The van der Waals surface area contributed by atoms with E-state index in [1.165, 1.54) is 6.33 Å². The lowest BCUT2D eigenvalue weighted by Gasteiger charge is -2.06. The van der Waals surface area contributed by atoms with Crippen molar-refractivity contribution in [1.29, 1.82) is 0 Å². The summed E-state index contributed by atoms with van der Waals surface area (Å²) in [6, 6.07) is 9.61. The van der Waals surface area contributed by atoms with Crippen LogP contribution in [-0.4, -0.2) is 34.1 Å². The number of rotatable bonds is 4. The zero-order chi connectivity index (χ0) is 15.6. The smallest absolute Gasteiger partial charge is 0.264 e. The van der Waals surface area contributed by atoms with Crippen molar-refractivity contribution < 1.29 is 0 Å². The minimum atomic E-state index is -0.114. The van der Waals surface area contributed by atoms with Crippen molar-refractivity contribution >= 4 is 11.0 Å². The first-order chi connectivity index (χ1) is 11.3. The highest BCUT2D eigenvalue weighted by Crippen LogP contribution is 2.12. The van der Waals surface area contributed by atoms with Crippen LogP contribution in [0, 0.1) is 0 Å². The molecule has 4 rings (SSSR count). The molecular weight excluding hydrogens is 294 g/mol. The molecule has 0 N–H and O–H groups in total. The molecule has 8 heteroatoms. The highest BCUT2D eigenvalue weighted by atomic mass is 16.1. The van der Waals surface area contributed by atoms with E-state index in [0.717, 1.165) is 5.69 Å². The Morgan fingerprint density at radius 2 is 1.87 bits per heavy atom. The van der Waals surface area contributed by atoms with Crippen LogP contribution in [0.15, 0.2) is 60.3 Å². The van der Waals surface area contributed by atoms with Crippen LogP contribution in [0.3, 0.4) is 0 Å². The summed E-state index contributed by atoms with van der Waals surface area (Å²) in [7, 11) is 0. The SMILES string of the molecule is O=c1c2cnn(-c3ccccc3)c2ncn1CCn1cncn1. The molecule has 0 atom stereocenters. The average molecular weight is 307 g/mol. The number of hydrogen-bond donors (Lipinski definition) is 0. The minimum Gasteiger partial charge on any atom is -0.297 e. The van der Waals surface area contributed by atoms with Crippen molar-refractivity contribution in [3.63, 3.8) is 0 Å². The van der Waals surface area contributed by atoms with Gasteiger partial charge in [-0.15, -0.1) is 0 Å². The summed E-state index contributed by atoms with van der Waals surface area (Å²) in [5.41, 5.74) is 1.31. The zero-order valence-electron chi connectivity index (χ0n) is 12.1. The molecule has 3 heterocycles. The van der Waals surface area contributed by atoms with Gasteiger partial charge in [0.1, 0.15) is 24.4 Å². The molecule has 0 aliphatic rings. The second-order valence-electron chi connectivity index (χ2n) is 5.03. The van der Waals surface area contributed by atoms with Gasteiger partial charge in [-0.05, 0) is 12.1 Å². The van der Waals surface area contributed by atoms with Crippen molar-refractivity contribution in [2.75, 3.05) is 0 Å². The van der Waals surface area contributed by atoms with Crippen molar-refractivity contribution in [3.05, 3.63) is 65.9 Å². The summed E-state index contributed by atoms with van der Waals surface area (Å²) in [5, 5.41) is 8.81. The number of nitrogens with zero attached hydrogens (tertiary/aromatic N) is 7. The molecule has 0 saturated heterocycles. The van der Waals surface area contributed by atoms with Crippen LogP contribution < -0.4 is 5.56 Å². The van der Waals surface area contributed by atoms with E-state index in [0.29, 0.717) is 24.1 Å². The molecule has 23 heavy (non-hydrogen) atoms. The number of fused-ring (bicyclic) bond motifs is 1. The first-order valence-electron chi connectivity index (χ1n) is 7.14. The van der Waals surface area contributed by atoms with Crippen LogP contribution in [0.2, 0.25) is 0 Å². The van der Waals surface area contributed by atoms with E-state index in [9.17, 15) is 4.79 Å². The predicted molar refractivity (Wildman–Crippen MR) is 83.1 cm³/mol. The molecule has 4 aromatic rings. The van der Waals surface area contributed by atoms with Gasteiger partial charge in [-0.2, -0.15) is 10.2 Å². The second kappa shape index (κ2) is 5.48. The first kappa shape index (κ1) is 13.4. The summed E-state index contributed by atoms with van der Waals surface area (Å²) in [6.07, 6.45) is 6.19. The Morgan fingerprint density at radius 1 is 1.00 bits per heavy atom. The number of aryl methyl sites for hydroxylation is 2. The molecule has 0 saturated carbocycles.